The van der Waals surface area contributed by atoms with Gasteiger partial charge >= 0.3 is 0 Å². The molecule has 132 valence electrons. The summed E-state index contributed by atoms with van der Waals surface area (Å²) in [5, 5.41) is 3.38. The molecule has 0 radical (unpaired) electrons. The lowest BCUT2D eigenvalue weighted by molar-refractivity contribution is 0.414. The highest BCUT2D eigenvalue weighted by Crippen LogP contribution is 2.36. The molecule has 0 saturated heterocycles. The van der Waals surface area contributed by atoms with Crippen molar-refractivity contribution in [3.63, 3.8) is 0 Å². The van der Waals surface area contributed by atoms with Gasteiger partial charge < -0.3 is 15.0 Å². The summed E-state index contributed by atoms with van der Waals surface area (Å²) in [5.41, 5.74) is 3.72. The van der Waals surface area contributed by atoms with Crippen LogP contribution in [0.15, 0.2) is 60.8 Å². The van der Waals surface area contributed by atoms with Gasteiger partial charge in [-0.3, -0.25) is 0 Å². The predicted octanol–water partition coefficient (Wildman–Crippen LogP) is 4.18. The summed E-state index contributed by atoms with van der Waals surface area (Å²) in [7, 11) is 1.67. The van der Waals surface area contributed by atoms with E-state index in [1.165, 1.54) is 16.8 Å². The molecule has 1 unspecified atom stereocenters. The number of aromatic nitrogens is 2. The molecule has 2 heterocycles. The molecule has 1 atom stereocenters. The molecule has 0 spiro atoms. The summed E-state index contributed by atoms with van der Waals surface area (Å²) in [6.07, 6.45) is 2.83. The lowest BCUT2D eigenvalue weighted by Gasteiger charge is -2.23. The van der Waals surface area contributed by atoms with Crippen LogP contribution < -0.4 is 15.0 Å². The van der Waals surface area contributed by atoms with Crippen LogP contribution in [0.4, 0.5) is 17.5 Å². The van der Waals surface area contributed by atoms with Crippen molar-refractivity contribution in [2.45, 2.75) is 25.9 Å². The van der Waals surface area contributed by atoms with Gasteiger partial charge in [-0.05, 0) is 48.7 Å². The molecule has 0 aliphatic carbocycles. The SMILES string of the molecule is COc1ccc(CNc2ccnc(N3c4ccccc4CC3C)n2)cc1. The van der Waals surface area contributed by atoms with E-state index < -0.39 is 0 Å². The van der Waals surface area contributed by atoms with Crippen LogP contribution in [0.1, 0.15) is 18.1 Å². The van der Waals surface area contributed by atoms with Crippen LogP contribution in [0.2, 0.25) is 0 Å². The second-order valence-electron chi connectivity index (χ2n) is 6.50. The Kier molecular flexibility index (Phi) is 4.44. The number of anilines is 3. The fourth-order valence-corrected chi connectivity index (χ4v) is 3.37. The number of rotatable bonds is 5. The quantitative estimate of drug-likeness (QED) is 0.751. The Morgan fingerprint density at radius 2 is 1.92 bits per heavy atom. The first-order chi connectivity index (χ1) is 12.7. The Balaban J connectivity index is 1.51. The first-order valence-electron chi connectivity index (χ1n) is 8.81. The van der Waals surface area contributed by atoms with Crippen LogP contribution in [-0.4, -0.2) is 23.1 Å². The molecule has 1 N–H and O–H groups in total. The molecule has 1 aliphatic heterocycles. The van der Waals surface area contributed by atoms with Crippen molar-refractivity contribution in [1.82, 2.24) is 9.97 Å². The van der Waals surface area contributed by atoms with Crippen molar-refractivity contribution in [2.24, 2.45) is 0 Å². The van der Waals surface area contributed by atoms with E-state index in [0.717, 1.165) is 23.9 Å². The zero-order valence-corrected chi connectivity index (χ0v) is 15.0. The van der Waals surface area contributed by atoms with Gasteiger partial charge in [0.2, 0.25) is 5.95 Å². The van der Waals surface area contributed by atoms with E-state index >= 15 is 0 Å². The Bertz CT molecular complexity index is 895. The van der Waals surface area contributed by atoms with Crippen LogP contribution in [0.3, 0.4) is 0 Å². The minimum absolute atomic E-state index is 0.351. The molecule has 0 fully saturated rings. The van der Waals surface area contributed by atoms with Crippen molar-refractivity contribution in [1.29, 1.82) is 0 Å². The number of para-hydroxylation sites is 1. The molecular weight excluding hydrogens is 324 g/mol. The van der Waals surface area contributed by atoms with Crippen LogP contribution >= 0.6 is 0 Å². The van der Waals surface area contributed by atoms with Crippen LogP contribution in [0, 0.1) is 0 Å². The van der Waals surface area contributed by atoms with Gasteiger partial charge in [-0.15, -0.1) is 0 Å². The highest BCUT2D eigenvalue weighted by atomic mass is 16.5. The van der Waals surface area contributed by atoms with Crippen molar-refractivity contribution < 1.29 is 4.74 Å². The summed E-state index contributed by atoms with van der Waals surface area (Å²) < 4.78 is 5.20. The number of nitrogens with zero attached hydrogens (tertiary/aromatic N) is 3. The van der Waals surface area contributed by atoms with Crippen molar-refractivity contribution in [3.8, 4) is 5.75 Å². The fraction of sp³-hybridized carbons (Fsp3) is 0.238. The second kappa shape index (κ2) is 7.04. The maximum atomic E-state index is 5.20. The van der Waals surface area contributed by atoms with Crippen LogP contribution in [0.5, 0.6) is 5.75 Å². The molecule has 1 aliphatic rings. The van der Waals surface area contributed by atoms with Gasteiger partial charge in [0.15, 0.2) is 0 Å². The summed E-state index contributed by atoms with van der Waals surface area (Å²) in [6.45, 7) is 2.91. The number of methoxy groups -OCH3 is 1. The minimum Gasteiger partial charge on any atom is -0.497 e. The third-order valence-corrected chi connectivity index (χ3v) is 4.70. The molecule has 0 saturated carbocycles. The Morgan fingerprint density at radius 3 is 2.73 bits per heavy atom. The Morgan fingerprint density at radius 1 is 1.12 bits per heavy atom. The number of ether oxygens (including phenoxy) is 1. The topological polar surface area (TPSA) is 50.3 Å². The number of nitrogens with one attached hydrogen (secondary N) is 1. The average molecular weight is 346 g/mol. The lowest BCUT2D eigenvalue weighted by atomic mass is 10.1. The molecule has 2 aromatic carbocycles. The van der Waals surface area contributed by atoms with E-state index in [2.05, 4.69) is 46.4 Å². The van der Waals surface area contributed by atoms with Crippen molar-refractivity contribution in [2.75, 3.05) is 17.3 Å². The van der Waals surface area contributed by atoms with Gasteiger partial charge in [-0.25, -0.2) is 4.98 Å². The number of hydrogen-bond acceptors (Lipinski definition) is 5. The van der Waals surface area contributed by atoms with E-state index in [1.54, 1.807) is 7.11 Å². The number of fused-ring (bicyclic) bond motifs is 1. The molecule has 5 nitrogen and oxygen atoms in total. The second-order valence-corrected chi connectivity index (χ2v) is 6.50. The highest BCUT2D eigenvalue weighted by molar-refractivity contribution is 5.67. The van der Waals surface area contributed by atoms with Crippen LogP contribution in [0.25, 0.3) is 0 Å². The Labute approximate surface area is 153 Å². The fourth-order valence-electron chi connectivity index (χ4n) is 3.37. The van der Waals surface area contributed by atoms with Gasteiger partial charge in [-0.2, -0.15) is 4.98 Å². The minimum atomic E-state index is 0.351. The maximum Gasteiger partial charge on any atom is 0.232 e. The van der Waals surface area contributed by atoms with E-state index in [4.69, 9.17) is 9.72 Å². The van der Waals surface area contributed by atoms with Gasteiger partial charge in [0.05, 0.1) is 7.11 Å². The maximum absolute atomic E-state index is 5.20. The molecule has 26 heavy (non-hydrogen) atoms. The molecule has 5 heteroatoms. The third-order valence-electron chi connectivity index (χ3n) is 4.70. The summed E-state index contributed by atoms with van der Waals surface area (Å²) in [4.78, 5) is 11.5. The van der Waals surface area contributed by atoms with E-state index in [-0.39, 0.29) is 0 Å². The van der Waals surface area contributed by atoms with Gasteiger partial charge in [0.25, 0.3) is 0 Å². The predicted molar refractivity (Wildman–Crippen MR) is 104 cm³/mol. The highest BCUT2D eigenvalue weighted by Gasteiger charge is 2.28. The van der Waals surface area contributed by atoms with E-state index in [0.29, 0.717) is 12.6 Å². The summed E-state index contributed by atoms with van der Waals surface area (Å²) in [6, 6.07) is 18.7. The summed E-state index contributed by atoms with van der Waals surface area (Å²) in [5.74, 6) is 2.42. The number of benzene rings is 2. The molecule has 0 bridgehead atoms. The largest absolute Gasteiger partial charge is 0.497 e. The van der Waals surface area contributed by atoms with Gasteiger partial charge in [0, 0.05) is 24.5 Å². The molecule has 4 rings (SSSR count). The summed E-state index contributed by atoms with van der Waals surface area (Å²) >= 11 is 0. The van der Waals surface area contributed by atoms with E-state index in [9.17, 15) is 0 Å². The first kappa shape index (κ1) is 16.4. The zero-order chi connectivity index (χ0) is 17.9. The molecular formula is C21H22N4O. The molecule has 0 amide bonds. The molecule has 1 aromatic heterocycles. The Hall–Kier alpha value is -3.08. The van der Waals surface area contributed by atoms with Crippen molar-refractivity contribution >= 4 is 17.5 Å². The lowest BCUT2D eigenvalue weighted by Crippen LogP contribution is -2.26. The van der Waals surface area contributed by atoms with Gasteiger partial charge in [0.1, 0.15) is 11.6 Å². The normalized spacial score (nSPS) is 15.6. The first-order valence-corrected chi connectivity index (χ1v) is 8.81. The van der Waals surface area contributed by atoms with Crippen molar-refractivity contribution in [3.05, 3.63) is 71.9 Å². The smallest absolute Gasteiger partial charge is 0.232 e. The zero-order valence-electron chi connectivity index (χ0n) is 15.0. The van der Waals surface area contributed by atoms with E-state index in [1.807, 2.05) is 36.5 Å². The molecule has 3 aromatic rings. The standard InChI is InChI=1S/C21H22N4O/c1-15-13-17-5-3-4-6-19(17)25(15)21-22-12-11-20(24-21)23-14-16-7-9-18(26-2)10-8-16/h3-12,15H,13-14H2,1-2H3,(H,22,23,24). The number of hydrogen-bond donors (Lipinski definition) is 1. The average Bonchev–Trinajstić information content (AvgIpc) is 3.02. The van der Waals surface area contributed by atoms with Crippen LogP contribution in [-0.2, 0) is 13.0 Å². The van der Waals surface area contributed by atoms with Gasteiger partial charge in [-0.1, -0.05) is 30.3 Å². The monoisotopic (exact) mass is 346 g/mol. The third kappa shape index (κ3) is 3.20.